The fourth-order valence-corrected chi connectivity index (χ4v) is 5.09. The van der Waals surface area contributed by atoms with Gasteiger partial charge in [-0.15, -0.1) is 11.3 Å². The van der Waals surface area contributed by atoms with Crippen LogP contribution in [0, 0.1) is 13.8 Å². The van der Waals surface area contributed by atoms with E-state index in [0.717, 1.165) is 49.9 Å². The van der Waals surface area contributed by atoms with Crippen LogP contribution in [-0.4, -0.2) is 37.8 Å². The average molecular weight is 385 g/mol. The number of carbonyl (C=O) groups is 2. The van der Waals surface area contributed by atoms with Crippen molar-refractivity contribution in [3.63, 3.8) is 0 Å². The zero-order chi connectivity index (χ0) is 19.1. The molecular weight excluding hydrogens is 362 g/mol. The highest BCUT2D eigenvalue weighted by Gasteiger charge is 2.52. The van der Waals surface area contributed by atoms with Crippen molar-refractivity contribution in [3.8, 4) is 0 Å². The average Bonchev–Trinajstić information content (AvgIpc) is 3.17. The van der Waals surface area contributed by atoms with Gasteiger partial charge in [0.1, 0.15) is 5.69 Å². The zero-order valence-electron chi connectivity index (χ0n) is 15.5. The van der Waals surface area contributed by atoms with Crippen molar-refractivity contribution < 1.29 is 9.59 Å². The summed E-state index contributed by atoms with van der Waals surface area (Å²) in [4.78, 5) is 37.9. The highest BCUT2D eigenvalue weighted by molar-refractivity contribution is 7.11. The number of thiazole rings is 1. The molecule has 2 aromatic heterocycles. The lowest BCUT2D eigenvalue weighted by Gasteiger charge is -2.40. The molecule has 0 aromatic carbocycles. The molecule has 2 amide bonds. The lowest BCUT2D eigenvalue weighted by molar-refractivity contribution is 0.0829. The molecule has 7 nitrogen and oxygen atoms in total. The van der Waals surface area contributed by atoms with Crippen LogP contribution < -0.4 is 10.6 Å². The molecular formula is C19H23N5O2S. The van der Waals surface area contributed by atoms with Crippen molar-refractivity contribution >= 4 is 23.2 Å². The number of aromatic nitrogens is 3. The fourth-order valence-electron chi connectivity index (χ4n) is 4.40. The van der Waals surface area contributed by atoms with E-state index in [1.54, 1.807) is 6.20 Å². The van der Waals surface area contributed by atoms with E-state index in [2.05, 4.69) is 25.6 Å². The minimum absolute atomic E-state index is 0.110. The number of nitrogens with one attached hydrogen (secondary N) is 2. The van der Waals surface area contributed by atoms with Crippen LogP contribution in [0.4, 0.5) is 0 Å². The Morgan fingerprint density at radius 2 is 1.67 bits per heavy atom. The van der Waals surface area contributed by atoms with Crippen molar-refractivity contribution in [1.29, 1.82) is 0 Å². The molecule has 2 fully saturated rings. The second-order valence-corrected chi connectivity index (χ2v) is 8.69. The molecule has 2 aliphatic rings. The molecule has 2 saturated carbocycles. The third-order valence-corrected chi connectivity index (χ3v) is 6.61. The molecule has 0 aliphatic heterocycles. The Balaban J connectivity index is 1.47. The van der Waals surface area contributed by atoms with Crippen LogP contribution in [0.2, 0.25) is 0 Å². The number of amides is 2. The first-order chi connectivity index (χ1) is 12.9. The highest BCUT2D eigenvalue weighted by atomic mass is 32.1. The van der Waals surface area contributed by atoms with Gasteiger partial charge in [-0.05, 0) is 52.4 Å². The van der Waals surface area contributed by atoms with Crippen molar-refractivity contribution in [1.82, 2.24) is 25.6 Å². The molecule has 2 N–H and O–H groups in total. The molecule has 2 aromatic rings. The van der Waals surface area contributed by atoms with Crippen LogP contribution in [0.1, 0.15) is 70.2 Å². The molecule has 2 aliphatic carbocycles. The van der Waals surface area contributed by atoms with Gasteiger partial charge in [0, 0.05) is 28.3 Å². The predicted molar refractivity (Wildman–Crippen MR) is 102 cm³/mol. The second kappa shape index (κ2) is 6.67. The molecule has 2 heterocycles. The smallest absolute Gasteiger partial charge is 0.280 e. The third-order valence-electron chi connectivity index (χ3n) is 5.65. The van der Waals surface area contributed by atoms with Gasteiger partial charge in [0.25, 0.3) is 11.8 Å². The molecule has 0 spiro atoms. The molecule has 27 heavy (non-hydrogen) atoms. The zero-order valence-corrected chi connectivity index (χ0v) is 16.4. The van der Waals surface area contributed by atoms with Gasteiger partial charge in [0.05, 0.1) is 11.9 Å². The largest absolute Gasteiger partial charge is 0.345 e. The van der Waals surface area contributed by atoms with Gasteiger partial charge in [0.15, 0.2) is 5.01 Å². The van der Waals surface area contributed by atoms with Crippen molar-refractivity contribution in [2.75, 3.05) is 0 Å². The summed E-state index contributed by atoms with van der Waals surface area (Å²) in [6.07, 6.45) is 8.41. The van der Waals surface area contributed by atoms with E-state index in [-0.39, 0.29) is 22.9 Å². The van der Waals surface area contributed by atoms with Gasteiger partial charge >= 0.3 is 0 Å². The molecule has 2 bridgehead atoms. The maximum atomic E-state index is 12.6. The summed E-state index contributed by atoms with van der Waals surface area (Å²) in [5.74, 6) is -0.302. The first-order valence-electron chi connectivity index (χ1n) is 9.25. The minimum atomic E-state index is -0.284. The third kappa shape index (κ3) is 3.58. The van der Waals surface area contributed by atoms with Gasteiger partial charge in [-0.25, -0.2) is 9.97 Å². The number of rotatable bonds is 4. The normalized spacial score (nSPS) is 26.6. The summed E-state index contributed by atoms with van der Waals surface area (Å²) in [5.41, 5.74) is 1.43. The molecule has 0 saturated heterocycles. The van der Waals surface area contributed by atoms with Crippen molar-refractivity contribution in [2.24, 2.45) is 0 Å². The highest BCUT2D eigenvalue weighted by Crippen LogP contribution is 2.48. The van der Waals surface area contributed by atoms with E-state index in [4.69, 9.17) is 0 Å². The molecule has 4 rings (SSSR count). The topological polar surface area (TPSA) is 96.9 Å². The molecule has 2 atom stereocenters. The van der Waals surface area contributed by atoms with Gasteiger partial charge < -0.3 is 10.6 Å². The SMILES string of the molecule is Cc1cnc(C(=O)NC23CCCC(NC(=O)c4nc(C)cs4)(CC2)C3)cn1. The first-order valence-corrected chi connectivity index (χ1v) is 10.1. The number of aryl methyl sites for hydroxylation is 2. The van der Waals surface area contributed by atoms with E-state index in [9.17, 15) is 9.59 Å². The maximum absolute atomic E-state index is 12.6. The Hall–Kier alpha value is -2.35. The van der Waals surface area contributed by atoms with E-state index < -0.39 is 0 Å². The summed E-state index contributed by atoms with van der Waals surface area (Å²) >= 11 is 1.37. The number of carbonyl (C=O) groups excluding carboxylic acids is 2. The van der Waals surface area contributed by atoms with E-state index in [1.165, 1.54) is 17.5 Å². The van der Waals surface area contributed by atoms with Crippen LogP contribution in [0.3, 0.4) is 0 Å². The number of hydrogen-bond donors (Lipinski definition) is 2. The Morgan fingerprint density at radius 3 is 2.26 bits per heavy atom. The van der Waals surface area contributed by atoms with Crippen molar-refractivity contribution in [3.05, 3.63) is 39.9 Å². The number of hydrogen-bond acceptors (Lipinski definition) is 6. The van der Waals surface area contributed by atoms with Gasteiger partial charge in [0.2, 0.25) is 0 Å². The summed E-state index contributed by atoms with van der Waals surface area (Å²) in [7, 11) is 0. The minimum Gasteiger partial charge on any atom is -0.345 e. The van der Waals surface area contributed by atoms with Gasteiger partial charge in [-0.3, -0.25) is 14.6 Å². The van der Waals surface area contributed by atoms with Gasteiger partial charge in [-0.2, -0.15) is 0 Å². The molecule has 2 unspecified atom stereocenters. The van der Waals surface area contributed by atoms with Crippen LogP contribution in [-0.2, 0) is 0 Å². The summed E-state index contributed by atoms with van der Waals surface area (Å²) in [6, 6.07) is 0. The van der Waals surface area contributed by atoms with Crippen LogP contribution >= 0.6 is 11.3 Å². The molecule has 142 valence electrons. The standard InChI is InChI=1S/C19H23N5O2S/c1-12-8-21-14(9-20-12)15(25)23-18-4-3-5-19(11-18,7-6-18)24-16(26)17-22-13(2)10-27-17/h8-10H,3-7,11H2,1-2H3,(H,23,25)(H,24,26). The summed E-state index contributed by atoms with van der Waals surface area (Å²) in [6.45, 7) is 3.72. The molecule has 0 radical (unpaired) electrons. The van der Waals surface area contributed by atoms with Crippen LogP contribution in [0.25, 0.3) is 0 Å². The monoisotopic (exact) mass is 385 g/mol. The Labute approximate surface area is 162 Å². The Bertz CT molecular complexity index is 880. The first kappa shape index (κ1) is 18.0. The predicted octanol–water partition coefficient (Wildman–Crippen LogP) is 2.56. The lowest BCUT2D eigenvalue weighted by Crippen LogP contribution is -2.55. The Morgan fingerprint density at radius 1 is 0.963 bits per heavy atom. The van der Waals surface area contributed by atoms with E-state index in [1.807, 2.05) is 19.2 Å². The number of fused-ring (bicyclic) bond motifs is 2. The Kier molecular flexibility index (Phi) is 4.46. The summed E-state index contributed by atoms with van der Waals surface area (Å²) in [5, 5.41) is 8.81. The fraction of sp³-hybridized carbons (Fsp3) is 0.526. The maximum Gasteiger partial charge on any atom is 0.280 e. The van der Waals surface area contributed by atoms with Crippen LogP contribution in [0.15, 0.2) is 17.8 Å². The quantitative estimate of drug-likeness (QED) is 0.843. The number of nitrogens with zero attached hydrogens (tertiary/aromatic N) is 3. The van der Waals surface area contributed by atoms with Crippen molar-refractivity contribution in [2.45, 2.75) is 63.5 Å². The second-order valence-electron chi connectivity index (χ2n) is 7.84. The lowest BCUT2D eigenvalue weighted by atomic mass is 9.78. The van der Waals surface area contributed by atoms with E-state index >= 15 is 0 Å². The van der Waals surface area contributed by atoms with Crippen LogP contribution in [0.5, 0.6) is 0 Å². The van der Waals surface area contributed by atoms with Gasteiger partial charge in [-0.1, -0.05) is 0 Å². The summed E-state index contributed by atoms with van der Waals surface area (Å²) < 4.78 is 0. The van der Waals surface area contributed by atoms with E-state index in [0.29, 0.717) is 10.7 Å². The molecule has 8 heteroatoms.